The highest BCUT2D eigenvalue weighted by atomic mass is 19.4. The second kappa shape index (κ2) is 5.86. The number of benzene rings is 1. The lowest BCUT2D eigenvalue weighted by Crippen LogP contribution is -2.53. The number of aromatic nitrogens is 2. The first-order valence-corrected chi connectivity index (χ1v) is 7.67. The van der Waals surface area contributed by atoms with Crippen molar-refractivity contribution in [3.63, 3.8) is 0 Å². The summed E-state index contributed by atoms with van der Waals surface area (Å²) in [6.45, 7) is 0.460. The van der Waals surface area contributed by atoms with Gasteiger partial charge >= 0.3 is 6.18 Å². The lowest BCUT2D eigenvalue weighted by Gasteiger charge is -2.39. The smallest absolute Gasteiger partial charge is 0.380 e. The number of para-hydroxylation sites is 1. The van der Waals surface area contributed by atoms with Crippen molar-refractivity contribution >= 4 is 10.9 Å². The molecule has 0 spiro atoms. The van der Waals surface area contributed by atoms with Gasteiger partial charge < -0.3 is 5.11 Å². The molecule has 0 aliphatic carbocycles. The first-order chi connectivity index (χ1) is 11.2. The van der Waals surface area contributed by atoms with Gasteiger partial charge in [0.2, 0.25) is 0 Å². The molecule has 0 bridgehead atoms. The molecule has 1 aliphatic rings. The molecule has 5 nitrogen and oxygen atoms in total. The average Bonchev–Trinajstić information content (AvgIpc) is 2.53. The fourth-order valence-corrected chi connectivity index (χ4v) is 2.97. The topological polar surface area (TPSA) is 58.4 Å². The van der Waals surface area contributed by atoms with Gasteiger partial charge in [0, 0.05) is 20.1 Å². The summed E-state index contributed by atoms with van der Waals surface area (Å²) in [5.41, 5.74) is -2.23. The number of hydrogen-bond acceptors (Lipinski definition) is 4. The van der Waals surface area contributed by atoms with Crippen LogP contribution in [0.15, 0.2) is 29.1 Å². The van der Waals surface area contributed by atoms with Crippen molar-refractivity contribution in [1.29, 1.82) is 0 Å². The lowest BCUT2D eigenvalue weighted by atomic mass is 9.91. The van der Waals surface area contributed by atoms with Gasteiger partial charge in [-0.15, -0.1) is 0 Å². The van der Waals surface area contributed by atoms with E-state index in [-0.39, 0.29) is 38.0 Å². The Morgan fingerprint density at radius 1 is 1.25 bits per heavy atom. The van der Waals surface area contributed by atoms with Crippen LogP contribution in [-0.4, -0.2) is 44.4 Å². The Morgan fingerprint density at radius 3 is 2.50 bits per heavy atom. The number of halogens is 3. The number of piperidine rings is 1. The van der Waals surface area contributed by atoms with Gasteiger partial charge in [0.25, 0.3) is 5.56 Å². The molecule has 24 heavy (non-hydrogen) atoms. The summed E-state index contributed by atoms with van der Waals surface area (Å²) >= 11 is 0. The third-order valence-electron chi connectivity index (χ3n) is 4.65. The van der Waals surface area contributed by atoms with Crippen molar-refractivity contribution in [2.45, 2.75) is 31.2 Å². The van der Waals surface area contributed by atoms with E-state index in [1.807, 2.05) is 0 Å². The summed E-state index contributed by atoms with van der Waals surface area (Å²) in [6, 6.07) is 6.97. The highest BCUT2D eigenvalue weighted by Gasteiger charge is 2.54. The quantitative estimate of drug-likeness (QED) is 0.905. The van der Waals surface area contributed by atoms with E-state index < -0.39 is 11.8 Å². The molecule has 0 amide bonds. The minimum atomic E-state index is -4.62. The molecule has 0 radical (unpaired) electrons. The fraction of sp³-hybridized carbons (Fsp3) is 0.500. The fourth-order valence-electron chi connectivity index (χ4n) is 2.97. The van der Waals surface area contributed by atoms with Crippen molar-refractivity contribution in [2.75, 3.05) is 13.1 Å². The molecule has 2 aromatic rings. The van der Waals surface area contributed by atoms with Crippen LogP contribution in [0.3, 0.4) is 0 Å². The molecule has 0 atom stereocenters. The normalized spacial score (nSPS) is 18.9. The first kappa shape index (κ1) is 16.9. The van der Waals surface area contributed by atoms with Gasteiger partial charge in [-0.05, 0) is 25.0 Å². The summed E-state index contributed by atoms with van der Waals surface area (Å²) in [6.07, 6.45) is -5.37. The van der Waals surface area contributed by atoms with E-state index in [1.54, 1.807) is 36.2 Å². The molecule has 1 saturated heterocycles. The van der Waals surface area contributed by atoms with E-state index in [0.29, 0.717) is 16.7 Å². The van der Waals surface area contributed by atoms with Crippen molar-refractivity contribution < 1.29 is 18.3 Å². The molecule has 1 N–H and O–H groups in total. The Labute approximate surface area is 136 Å². The van der Waals surface area contributed by atoms with E-state index in [4.69, 9.17) is 0 Å². The van der Waals surface area contributed by atoms with E-state index in [1.165, 1.54) is 4.57 Å². The van der Waals surface area contributed by atoms with Crippen LogP contribution in [-0.2, 0) is 13.6 Å². The molecule has 1 aliphatic heterocycles. The van der Waals surface area contributed by atoms with Crippen LogP contribution < -0.4 is 5.56 Å². The van der Waals surface area contributed by atoms with Crippen molar-refractivity contribution in [1.82, 2.24) is 14.5 Å². The minimum absolute atomic E-state index is 0.0959. The van der Waals surface area contributed by atoms with E-state index in [0.717, 1.165) is 0 Å². The maximum atomic E-state index is 12.8. The summed E-state index contributed by atoms with van der Waals surface area (Å²) in [7, 11) is 1.60. The molecular formula is C16H18F3N3O2. The van der Waals surface area contributed by atoms with E-state index in [2.05, 4.69) is 4.98 Å². The zero-order chi connectivity index (χ0) is 17.5. The largest absolute Gasteiger partial charge is 0.417 e. The van der Waals surface area contributed by atoms with Crippen LogP contribution >= 0.6 is 0 Å². The molecule has 2 heterocycles. The van der Waals surface area contributed by atoms with Crippen LogP contribution in [0, 0.1) is 0 Å². The van der Waals surface area contributed by atoms with Crippen LogP contribution in [0.25, 0.3) is 10.9 Å². The minimum Gasteiger partial charge on any atom is -0.380 e. The molecule has 130 valence electrons. The van der Waals surface area contributed by atoms with Gasteiger partial charge in [-0.3, -0.25) is 14.3 Å². The Bertz CT molecular complexity index is 808. The number of aliphatic hydroxyl groups is 1. The average molecular weight is 341 g/mol. The van der Waals surface area contributed by atoms with Gasteiger partial charge in [-0.25, -0.2) is 4.98 Å². The lowest BCUT2D eigenvalue weighted by molar-refractivity contribution is -0.273. The molecular weight excluding hydrogens is 323 g/mol. The molecule has 0 unspecified atom stereocenters. The molecule has 1 fully saturated rings. The molecule has 3 rings (SSSR count). The Morgan fingerprint density at radius 2 is 1.88 bits per heavy atom. The molecule has 8 heteroatoms. The molecule has 1 aromatic carbocycles. The first-order valence-electron chi connectivity index (χ1n) is 7.67. The standard InChI is InChI=1S/C16H18F3N3O2/c1-21-13(20-12-5-3-2-4-11(12)14(21)23)10-22-8-6-15(24,7-9-22)16(17,18)19/h2-5,24H,6-10H2,1H3. The van der Waals surface area contributed by atoms with Gasteiger partial charge in [0.05, 0.1) is 17.4 Å². The third kappa shape index (κ3) is 2.91. The highest BCUT2D eigenvalue weighted by Crippen LogP contribution is 2.38. The molecule has 1 aromatic heterocycles. The third-order valence-corrected chi connectivity index (χ3v) is 4.65. The SMILES string of the molecule is Cn1c(CN2CCC(O)(C(F)(F)F)CC2)nc2ccccc2c1=O. The van der Waals surface area contributed by atoms with E-state index >= 15 is 0 Å². The zero-order valence-electron chi connectivity index (χ0n) is 13.2. The Balaban J connectivity index is 1.80. The number of likely N-dealkylation sites (tertiary alicyclic amines) is 1. The zero-order valence-corrected chi connectivity index (χ0v) is 13.2. The van der Waals surface area contributed by atoms with Crippen LogP contribution in [0.5, 0.6) is 0 Å². The Kier molecular flexibility index (Phi) is 4.13. The van der Waals surface area contributed by atoms with Crippen LogP contribution in [0.2, 0.25) is 0 Å². The second-order valence-corrected chi connectivity index (χ2v) is 6.21. The van der Waals surface area contributed by atoms with Crippen molar-refractivity contribution in [3.05, 3.63) is 40.4 Å². The van der Waals surface area contributed by atoms with E-state index in [9.17, 15) is 23.1 Å². The summed E-state index contributed by atoms with van der Waals surface area (Å²) in [5.74, 6) is 0.496. The maximum Gasteiger partial charge on any atom is 0.417 e. The van der Waals surface area contributed by atoms with Crippen LogP contribution in [0.1, 0.15) is 18.7 Å². The predicted molar refractivity (Wildman–Crippen MR) is 82.5 cm³/mol. The summed E-state index contributed by atoms with van der Waals surface area (Å²) in [4.78, 5) is 18.6. The predicted octanol–water partition coefficient (Wildman–Crippen LogP) is 1.82. The maximum absolute atomic E-state index is 12.8. The second-order valence-electron chi connectivity index (χ2n) is 6.21. The highest BCUT2D eigenvalue weighted by molar-refractivity contribution is 5.77. The number of hydrogen-bond donors (Lipinski definition) is 1. The van der Waals surface area contributed by atoms with Crippen molar-refractivity contribution in [2.24, 2.45) is 7.05 Å². The number of alkyl halides is 3. The van der Waals surface area contributed by atoms with Gasteiger partial charge in [-0.2, -0.15) is 13.2 Å². The number of fused-ring (bicyclic) bond motifs is 1. The summed E-state index contributed by atoms with van der Waals surface area (Å²) in [5, 5.41) is 10.2. The van der Waals surface area contributed by atoms with Gasteiger partial charge in [0.1, 0.15) is 5.82 Å². The monoisotopic (exact) mass is 341 g/mol. The van der Waals surface area contributed by atoms with Crippen LogP contribution in [0.4, 0.5) is 13.2 Å². The molecule has 0 saturated carbocycles. The Hall–Kier alpha value is -1.93. The summed E-state index contributed by atoms with van der Waals surface area (Å²) < 4.78 is 40.0. The number of rotatable bonds is 2. The number of nitrogens with zero attached hydrogens (tertiary/aromatic N) is 3. The van der Waals surface area contributed by atoms with Crippen molar-refractivity contribution in [3.8, 4) is 0 Å². The van der Waals surface area contributed by atoms with Gasteiger partial charge in [-0.1, -0.05) is 12.1 Å². The van der Waals surface area contributed by atoms with Gasteiger partial charge in [0.15, 0.2) is 5.60 Å².